The van der Waals surface area contributed by atoms with Gasteiger partial charge in [-0.25, -0.2) is 0 Å². The van der Waals surface area contributed by atoms with Crippen molar-refractivity contribution in [1.82, 2.24) is 10.3 Å². The lowest BCUT2D eigenvalue weighted by atomic mass is 10.2. The number of nitrogens with one attached hydrogen (secondary N) is 1. The number of aromatic nitrogens is 1. The number of pyridine rings is 1. The average molecular weight is 174 g/mol. The van der Waals surface area contributed by atoms with Gasteiger partial charge in [0.2, 0.25) is 0 Å². The molecule has 1 rings (SSSR count). The van der Waals surface area contributed by atoms with Gasteiger partial charge in [-0.3, -0.25) is 9.78 Å². The van der Waals surface area contributed by atoms with Crippen molar-refractivity contribution in [2.45, 2.75) is 6.92 Å². The van der Waals surface area contributed by atoms with Gasteiger partial charge in [-0.05, 0) is 19.1 Å². The van der Waals surface area contributed by atoms with E-state index in [1.807, 2.05) is 6.92 Å². The monoisotopic (exact) mass is 174 g/mol. The van der Waals surface area contributed by atoms with Crippen LogP contribution >= 0.6 is 0 Å². The van der Waals surface area contributed by atoms with E-state index >= 15 is 0 Å². The molecule has 0 aromatic carbocycles. The van der Waals surface area contributed by atoms with Gasteiger partial charge in [-0.15, -0.1) is 6.42 Å². The highest BCUT2D eigenvalue weighted by Crippen LogP contribution is 1.99. The summed E-state index contributed by atoms with van der Waals surface area (Å²) in [7, 11) is 0. The number of hydrogen-bond donors (Lipinski definition) is 1. The molecule has 1 aromatic heterocycles. The summed E-state index contributed by atoms with van der Waals surface area (Å²) in [6.07, 6.45) is 6.61. The van der Waals surface area contributed by atoms with Crippen molar-refractivity contribution in [1.29, 1.82) is 0 Å². The Morgan fingerprint density at radius 1 is 1.77 bits per heavy atom. The minimum absolute atomic E-state index is 0.163. The number of aryl methyl sites for hydroxylation is 1. The number of carbonyl (C=O) groups is 1. The first-order valence-corrected chi connectivity index (χ1v) is 3.88. The van der Waals surface area contributed by atoms with Crippen LogP contribution in [-0.2, 0) is 0 Å². The van der Waals surface area contributed by atoms with Crippen LogP contribution in [0.2, 0.25) is 0 Å². The van der Waals surface area contributed by atoms with Crippen molar-refractivity contribution in [3.8, 4) is 12.3 Å². The summed E-state index contributed by atoms with van der Waals surface area (Å²) in [5.74, 6) is 2.17. The van der Waals surface area contributed by atoms with E-state index in [1.54, 1.807) is 18.3 Å². The highest BCUT2D eigenvalue weighted by molar-refractivity contribution is 5.94. The van der Waals surface area contributed by atoms with Crippen molar-refractivity contribution in [2.24, 2.45) is 0 Å². The molecule has 0 saturated heterocycles. The zero-order chi connectivity index (χ0) is 9.68. The second-order valence-electron chi connectivity index (χ2n) is 2.57. The molecule has 0 atom stereocenters. The molecule has 0 saturated carbocycles. The molecule has 0 bridgehead atoms. The molecular weight excluding hydrogens is 164 g/mol. The predicted octanol–water partition coefficient (Wildman–Crippen LogP) is 0.753. The van der Waals surface area contributed by atoms with Gasteiger partial charge in [0.1, 0.15) is 0 Å². The average Bonchev–Trinajstić information content (AvgIpc) is 2.14. The summed E-state index contributed by atoms with van der Waals surface area (Å²) in [6.45, 7) is 2.08. The van der Waals surface area contributed by atoms with Gasteiger partial charge in [0.05, 0.1) is 6.54 Å². The fourth-order valence-corrected chi connectivity index (χ4v) is 0.920. The Morgan fingerprint density at radius 2 is 2.54 bits per heavy atom. The highest BCUT2D eigenvalue weighted by atomic mass is 16.1. The summed E-state index contributed by atoms with van der Waals surface area (Å²) >= 11 is 0. The maximum absolute atomic E-state index is 11.3. The van der Waals surface area contributed by atoms with Gasteiger partial charge >= 0.3 is 0 Å². The molecule has 1 N–H and O–H groups in total. The molecule has 1 amide bonds. The quantitative estimate of drug-likeness (QED) is 0.672. The van der Waals surface area contributed by atoms with E-state index in [0.29, 0.717) is 5.56 Å². The van der Waals surface area contributed by atoms with Gasteiger partial charge < -0.3 is 5.32 Å². The molecule has 0 aliphatic rings. The zero-order valence-electron chi connectivity index (χ0n) is 7.37. The van der Waals surface area contributed by atoms with Crippen molar-refractivity contribution < 1.29 is 4.79 Å². The third-order valence-electron chi connectivity index (χ3n) is 1.51. The molecule has 0 spiro atoms. The summed E-state index contributed by atoms with van der Waals surface area (Å²) in [4.78, 5) is 15.3. The van der Waals surface area contributed by atoms with E-state index < -0.39 is 0 Å². The van der Waals surface area contributed by atoms with Crippen LogP contribution in [0.4, 0.5) is 0 Å². The number of nitrogens with zero attached hydrogens (tertiary/aromatic N) is 1. The van der Waals surface area contributed by atoms with Crippen LogP contribution in [0, 0.1) is 19.3 Å². The molecule has 0 aliphatic carbocycles. The maximum atomic E-state index is 11.3. The number of amides is 1. The third-order valence-corrected chi connectivity index (χ3v) is 1.51. The number of terminal acetylenes is 1. The molecule has 3 nitrogen and oxygen atoms in total. The minimum atomic E-state index is -0.163. The largest absolute Gasteiger partial charge is 0.341 e. The summed E-state index contributed by atoms with van der Waals surface area (Å²) in [5.41, 5.74) is 1.40. The number of hydrogen-bond acceptors (Lipinski definition) is 2. The van der Waals surface area contributed by atoms with Crippen LogP contribution in [0.5, 0.6) is 0 Å². The Labute approximate surface area is 77.2 Å². The van der Waals surface area contributed by atoms with Crippen molar-refractivity contribution in [3.63, 3.8) is 0 Å². The molecule has 1 aromatic rings. The second kappa shape index (κ2) is 4.27. The Bertz CT molecular complexity index is 352. The lowest BCUT2D eigenvalue weighted by molar-refractivity contribution is 0.0958. The van der Waals surface area contributed by atoms with Crippen molar-refractivity contribution >= 4 is 5.91 Å². The Balaban J connectivity index is 2.72. The van der Waals surface area contributed by atoms with Crippen LogP contribution in [0.15, 0.2) is 18.3 Å². The molecule has 0 unspecified atom stereocenters. The van der Waals surface area contributed by atoms with E-state index in [9.17, 15) is 4.79 Å². The van der Waals surface area contributed by atoms with E-state index in [0.717, 1.165) is 5.69 Å². The molecule has 0 aliphatic heterocycles. The Kier molecular flexibility index (Phi) is 3.04. The van der Waals surface area contributed by atoms with Gasteiger partial charge in [-0.2, -0.15) is 0 Å². The van der Waals surface area contributed by atoms with Crippen LogP contribution in [0.3, 0.4) is 0 Å². The van der Waals surface area contributed by atoms with Crippen LogP contribution in [0.25, 0.3) is 0 Å². The van der Waals surface area contributed by atoms with Gasteiger partial charge in [0.15, 0.2) is 0 Å². The number of carbonyl (C=O) groups excluding carboxylic acids is 1. The van der Waals surface area contributed by atoms with Gasteiger partial charge in [-0.1, -0.05) is 5.92 Å². The number of rotatable bonds is 2. The fourth-order valence-electron chi connectivity index (χ4n) is 0.920. The van der Waals surface area contributed by atoms with Crippen LogP contribution in [0.1, 0.15) is 16.1 Å². The molecule has 3 heteroatoms. The first kappa shape index (κ1) is 9.27. The molecule has 0 radical (unpaired) electrons. The third kappa shape index (κ3) is 2.60. The Morgan fingerprint density at radius 3 is 3.15 bits per heavy atom. The van der Waals surface area contributed by atoms with E-state index in [2.05, 4.69) is 16.2 Å². The molecule has 13 heavy (non-hydrogen) atoms. The van der Waals surface area contributed by atoms with Crippen LogP contribution in [-0.4, -0.2) is 17.4 Å². The SMILES string of the molecule is C#CCNC(=O)c1ccnc(C)c1. The lowest BCUT2D eigenvalue weighted by Crippen LogP contribution is -2.23. The molecular formula is C10H10N2O. The zero-order valence-corrected chi connectivity index (χ0v) is 7.37. The summed E-state index contributed by atoms with van der Waals surface area (Å²) in [6, 6.07) is 3.37. The van der Waals surface area contributed by atoms with Gasteiger partial charge in [0.25, 0.3) is 5.91 Å². The second-order valence-corrected chi connectivity index (χ2v) is 2.57. The summed E-state index contributed by atoms with van der Waals surface area (Å²) in [5, 5.41) is 2.57. The van der Waals surface area contributed by atoms with Crippen LogP contribution < -0.4 is 5.32 Å². The topological polar surface area (TPSA) is 42.0 Å². The van der Waals surface area contributed by atoms with E-state index in [4.69, 9.17) is 6.42 Å². The normalized spacial score (nSPS) is 8.92. The van der Waals surface area contributed by atoms with Crippen molar-refractivity contribution in [2.75, 3.05) is 6.54 Å². The van der Waals surface area contributed by atoms with E-state index in [-0.39, 0.29) is 12.5 Å². The predicted molar refractivity (Wildman–Crippen MR) is 50.1 cm³/mol. The minimum Gasteiger partial charge on any atom is -0.341 e. The highest BCUT2D eigenvalue weighted by Gasteiger charge is 2.03. The molecule has 66 valence electrons. The lowest BCUT2D eigenvalue weighted by Gasteiger charge is -2.01. The first-order chi connectivity index (χ1) is 6.24. The van der Waals surface area contributed by atoms with E-state index in [1.165, 1.54) is 0 Å². The molecule has 1 heterocycles. The smallest absolute Gasteiger partial charge is 0.252 e. The molecule has 0 fully saturated rings. The maximum Gasteiger partial charge on any atom is 0.252 e. The summed E-state index contributed by atoms with van der Waals surface area (Å²) < 4.78 is 0. The Hall–Kier alpha value is -1.82. The fraction of sp³-hybridized carbons (Fsp3) is 0.200. The van der Waals surface area contributed by atoms with Crippen molar-refractivity contribution in [3.05, 3.63) is 29.6 Å². The van der Waals surface area contributed by atoms with Gasteiger partial charge in [0, 0.05) is 17.5 Å². The first-order valence-electron chi connectivity index (χ1n) is 3.88. The standard InChI is InChI=1S/C10H10N2O/c1-3-5-12-10(13)9-4-6-11-8(2)7-9/h1,4,6-7H,5H2,2H3,(H,12,13).